The van der Waals surface area contributed by atoms with Crippen LogP contribution >= 0.6 is 0 Å². The van der Waals surface area contributed by atoms with Gasteiger partial charge in [0.05, 0.1) is 12.6 Å². The van der Waals surface area contributed by atoms with Gasteiger partial charge in [-0.1, -0.05) is 13.0 Å². The molecule has 0 aromatic carbocycles. The number of hydrogen-bond donors (Lipinski definition) is 2. The van der Waals surface area contributed by atoms with Crippen LogP contribution in [0.4, 0.5) is 0 Å². The molecular weight excluding hydrogens is 264 g/mol. The maximum Gasteiger partial charge on any atom is 0.213 e. The van der Waals surface area contributed by atoms with E-state index < -0.39 is 0 Å². The Hall–Kier alpha value is -1.78. The molecule has 1 aromatic rings. The number of aliphatic imine (C=N–C) groups is 1. The third-order valence-electron chi connectivity index (χ3n) is 2.91. The Bertz CT molecular complexity index is 428. The molecule has 5 heteroatoms. The normalized spacial score (nSPS) is 13.1. The molecule has 1 rings (SSSR count). The van der Waals surface area contributed by atoms with Crippen LogP contribution in [0.25, 0.3) is 0 Å². The van der Waals surface area contributed by atoms with E-state index in [1.54, 1.807) is 0 Å². The molecule has 21 heavy (non-hydrogen) atoms. The first-order valence-electron chi connectivity index (χ1n) is 7.71. The smallest absolute Gasteiger partial charge is 0.213 e. The predicted octanol–water partition coefficient (Wildman–Crippen LogP) is 2.72. The van der Waals surface area contributed by atoms with Gasteiger partial charge in [0.25, 0.3) is 0 Å². The lowest BCUT2D eigenvalue weighted by Crippen LogP contribution is -2.41. The Labute approximate surface area is 128 Å². The van der Waals surface area contributed by atoms with Crippen molar-refractivity contribution in [2.45, 2.75) is 59.7 Å². The van der Waals surface area contributed by atoms with E-state index in [2.05, 4.69) is 41.4 Å². The van der Waals surface area contributed by atoms with E-state index in [9.17, 15) is 0 Å². The van der Waals surface area contributed by atoms with Crippen LogP contribution in [0.2, 0.25) is 0 Å². The summed E-state index contributed by atoms with van der Waals surface area (Å²) in [6.07, 6.45) is 3.02. The molecule has 0 bridgehead atoms. The van der Waals surface area contributed by atoms with E-state index in [0.29, 0.717) is 18.5 Å². The molecule has 0 aliphatic heterocycles. The van der Waals surface area contributed by atoms with Gasteiger partial charge in [-0.3, -0.25) is 0 Å². The topological polar surface area (TPSA) is 58.5 Å². The van der Waals surface area contributed by atoms with Crippen LogP contribution in [0.3, 0.4) is 0 Å². The standard InChI is InChI=1S/C16H28N4O/c1-6-13(5)20-16(17-7-2)19-11-14-8-9-15(18-10-14)21-12(3)4/h8-10,12-13H,6-7,11H2,1-5H3,(H2,17,19,20). The Kier molecular flexibility index (Phi) is 7.58. The van der Waals surface area contributed by atoms with Crippen molar-refractivity contribution in [3.8, 4) is 5.88 Å². The molecule has 2 N–H and O–H groups in total. The fourth-order valence-corrected chi connectivity index (χ4v) is 1.64. The number of rotatable bonds is 7. The van der Waals surface area contributed by atoms with Crippen molar-refractivity contribution in [2.24, 2.45) is 4.99 Å². The maximum absolute atomic E-state index is 5.53. The second-order valence-electron chi connectivity index (χ2n) is 5.32. The van der Waals surface area contributed by atoms with Crippen molar-refractivity contribution >= 4 is 5.96 Å². The van der Waals surface area contributed by atoms with Crippen molar-refractivity contribution in [3.63, 3.8) is 0 Å². The SMILES string of the molecule is CCNC(=NCc1ccc(OC(C)C)nc1)NC(C)CC. The van der Waals surface area contributed by atoms with Gasteiger partial charge in [-0.15, -0.1) is 0 Å². The van der Waals surface area contributed by atoms with E-state index in [1.165, 1.54) is 0 Å². The van der Waals surface area contributed by atoms with Crippen LogP contribution in [0.5, 0.6) is 5.88 Å². The Balaban J connectivity index is 2.62. The summed E-state index contributed by atoms with van der Waals surface area (Å²) in [6.45, 7) is 11.8. The third kappa shape index (κ3) is 6.97. The average Bonchev–Trinajstić information content (AvgIpc) is 2.45. The first-order valence-corrected chi connectivity index (χ1v) is 7.71. The molecule has 0 radical (unpaired) electrons. The van der Waals surface area contributed by atoms with Gasteiger partial charge in [0, 0.05) is 24.8 Å². The Morgan fingerprint density at radius 2 is 2.05 bits per heavy atom. The van der Waals surface area contributed by atoms with Crippen LogP contribution in [-0.2, 0) is 6.54 Å². The molecule has 0 aliphatic rings. The van der Waals surface area contributed by atoms with Gasteiger partial charge >= 0.3 is 0 Å². The van der Waals surface area contributed by atoms with E-state index in [-0.39, 0.29) is 6.10 Å². The lowest BCUT2D eigenvalue weighted by molar-refractivity contribution is 0.232. The van der Waals surface area contributed by atoms with Gasteiger partial charge in [-0.2, -0.15) is 0 Å². The van der Waals surface area contributed by atoms with Gasteiger partial charge in [0.1, 0.15) is 0 Å². The highest BCUT2D eigenvalue weighted by Crippen LogP contribution is 2.10. The summed E-state index contributed by atoms with van der Waals surface area (Å²) in [4.78, 5) is 8.86. The molecule has 1 aromatic heterocycles. The molecule has 0 spiro atoms. The molecule has 1 heterocycles. The van der Waals surface area contributed by atoms with Crippen LogP contribution in [0.15, 0.2) is 23.3 Å². The zero-order valence-electron chi connectivity index (χ0n) is 13.8. The van der Waals surface area contributed by atoms with E-state index in [1.807, 2.05) is 32.2 Å². The minimum Gasteiger partial charge on any atom is -0.475 e. The minimum absolute atomic E-state index is 0.140. The summed E-state index contributed by atoms with van der Waals surface area (Å²) in [5, 5.41) is 6.62. The second kappa shape index (κ2) is 9.21. The first-order chi connectivity index (χ1) is 10.0. The van der Waals surface area contributed by atoms with Crippen LogP contribution < -0.4 is 15.4 Å². The molecule has 0 fully saturated rings. The molecule has 0 saturated heterocycles. The highest BCUT2D eigenvalue weighted by atomic mass is 16.5. The Morgan fingerprint density at radius 3 is 2.57 bits per heavy atom. The molecule has 0 saturated carbocycles. The second-order valence-corrected chi connectivity index (χ2v) is 5.32. The van der Waals surface area contributed by atoms with Crippen LogP contribution in [0, 0.1) is 0 Å². The van der Waals surface area contributed by atoms with Gasteiger partial charge < -0.3 is 15.4 Å². The van der Waals surface area contributed by atoms with Crippen molar-refractivity contribution in [3.05, 3.63) is 23.9 Å². The number of guanidine groups is 1. The monoisotopic (exact) mass is 292 g/mol. The lowest BCUT2D eigenvalue weighted by atomic mass is 10.3. The molecule has 0 amide bonds. The Morgan fingerprint density at radius 1 is 1.29 bits per heavy atom. The summed E-state index contributed by atoms with van der Waals surface area (Å²) in [5.41, 5.74) is 1.06. The van der Waals surface area contributed by atoms with Crippen molar-refractivity contribution in [2.75, 3.05) is 6.54 Å². The van der Waals surface area contributed by atoms with E-state index in [4.69, 9.17) is 4.74 Å². The zero-order chi connectivity index (χ0) is 15.7. The predicted molar refractivity (Wildman–Crippen MR) is 87.7 cm³/mol. The maximum atomic E-state index is 5.53. The summed E-state index contributed by atoms with van der Waals surface area (Å²) in [7, 11) is 0. The molecule has 0 aliphatic carbocycles. The van der Waals surface area contributed by atoms with Gasteiger partial charge in [0.15, 0.2) is 5.96 Å². The largest absolute Gasteiger partial charge is 0.475 e. The zero-order valence-corrected chi connectivity index (χ0v) is 13.8. The van der Waals surface area contributed by atoms with Crippen molar-refractivity contribution in [1.29, 1.82) is 0 Å². The fraction of sp³-hybridized carbons (Fsp3) is 0.625. The average molecular weight is 292 g/mol. The number of nitrogens with one attached hydrogen (secondary N) is 2. The van der Waals surface area contributed by atoms with Gasteiger partial charge in [-0.05, 0) is 39.7 Å². The number of aromatic nitrogens is 1. The number of ether oxygens (including phenoxy) is 1. The highest BCUT2D eigenvalue weighted by Gasteiger charge is 2.03. The first kappa shape index (κ1) is 17.3. The lowest BCUT2D eigenvalue weighted by Gasteiger charge is -2.16. The quantitative estimate of drug-likeness (QED) is 0.599. The number of pyridine rings is 1. The van der Waals surface area contributed by atoms with E-state index >= 15 is 0 Å². The fourth-order valence-electron chi connectivity index (χ4n) is 1.64. The van der Waals surface area contributed by atoms with Gasteiger partial charge in [0.2, 0.25) is 5.88 Å². The molecule has 1 unspecified atom stereocenters. The molecule has 118 valence electrons. The molecule has 1 atom stereocenters. The number of nitrogens with zero attached hydrogens (tertiary/aromatic N) is 2. The minimum atomic E-state index is 0.140. The van der Waals surface area contributed by atoms with Crippen molar-refractivity contribution in [1.82, 2.24) is 15.6 Å². The van der Waals surface area contributed by atoms with Gasteiger partial charge in [-0.25, -0.2) is 9.98 Å². The number of hydrogen-bond acceptors (Lipinski definition) is 3. The highest BCUT2D eigenvalue weighted by molar-refractivity contribution is 5.80. The van der Waals surface area contributed by atoms with E-state index in [0.717, 1.165) is 24.5 Å². The van der Waals surface area contributed by atoms with Crippen molar-refractivity contribution < 1.29 is 4.74 Å². The summed E-state index contributed by atoms with van der Waals surface area (Å²) < 4.78 is 5.53. The van der Waals surface area contributed by atoms with Crippen LogP contribution in [-0.4, -0.2) is 29.6 Å². The summed E-state index contributed by atoms with van der Waals surface area (Å²) in [5.74, 6) is 1.50. The summed E-state index contributed by atoms with van der Waals surface area (Å²) >= 11 is 0. The summed E-state index contributed by atoms with van der Waals surface area (Å²) in [6, 6.07) is 4.30. The van der Waals surface area contributed by atoms with Crippen LogP contribution in [0.1, 0.15) is 46.6 Å². The molecule has 5 nitrogen and oxygen atoms in total. The third-order valence-corrected chi connectivity index (χ3v) is 2.91. The molecular formula is C16H28N4O.